The predicted octanol–water partition coefficient (Wildman–Crippen LogP) is 7.34. The molecule has 3 aromatic rings. The van der Waals surface area contributed by atoms with Gasteiger partial charge in [-0.3, -0.25) is 0 Å². The molecular formula is C28H34. The maximum atomic E-state index is 2.38. The summed E-state index contributed by atoms with van der Waals surface area (Å²) in [7, 11) is 0. The summed E-state index contributed by atoms with van der Waals surface area (Å²) in [5.41, 5.74) is 17.0. The minimum Gasteiger partial charge on any atom is -0.0558 e. The Labute approximate surface area is 171 Å². The normalized spacial score (nSPS) is 11.1. The van der Waals surface area contributed by atoms with Gasteiger partial charge in [0.25, 0.3) is 0 Å². The van der Waals surface area contributed by atoms with E-state index in [-0.39, 0.29) is 0 Å². The minimum atomic E-state index is 1.01. The van der Waals surface area contributed by atoms with Gasteiger partial charge in [0.2, 0.25) is 0 Å². The number of rotatable bonds is 4. The highest BCUT2D eigenvalue weighted by molar-refractivity contribution is 5.47. The van der Waals surface area contributed by atoms with Gasteiger partial charge < -0.3 is 0 Å². The van der Waals surface area contributed by atoms with Gasteiger partial charge in [0.05, 0.1) is 0 Å². The fourth-order valence-corrected chi connectivity index (χ4v) is 4.21. The average Bonchev–Trinajstić information content (AvgIpc) is 2.61. The third kappa shape index (κ3) is 4.22. The summed E-state index contributed by atoms with van der Waals surface area (Å²) in [6.07, 6.45) is 2.03. The lowest BCUT2D eigenvalue weighted by Gasteiger charge is -2.17. The summed E-state index contributed by atoms with van der Waals surface area (Å²) >= 11 is 0. The molecule has 0 atom stereocenters. The van der Waals surface area contributed by atoms with Crippen molar-refractivity contribution in [3.63, 3.8) is 0 Å². The lowest BCUT2D eigenvalue weighted by atomic mass is 9.88. The number of hydrogen-bond acceptors (Lipinski definition) is 0. The third-order valence-corrected chi connectivity index (χ3v) is 6.43. The summed E-state index contributed by atoms with van der Waals surface area (Å²) in [5, 5.41) is 0. The molecule has 146 valence electrons. The van der Waals surface area contributed by atoms with Crippen LogP contribution in [0.2, 0.25) is 0 Å². The zero-order valence-electron chi connectivity index (χ0n) is 18.9. The lowest BCUT2D eigenvalue weighted by Crippen LogP contribution is -2.03. The smallest absolute Gasteiger partial charge is 0.00202 e. The molecule has 0 saturated carbocycles. The van der Waals surface area contributed by atoms with Crippen molar-refractivity contribution in [2.45, 2.75) is 68.2 Å². The van der Waals surface area contributed by atoms with Crippen LogP contribution in [0.25, 0.3) is 0 Å². The Hall–Kier alpha value is -2.34. The van der Waals surface area contributed by atoms with E-state index in [9.17, 15) is 0 Å². The highest BCUT2D eigenvalue weighted by atomic mass is 14.2. The SMILES string of the molecule is Cc1cc(Cc2cc(C)c(C)cc2C)c(C)c(Cc2cc(C)c(C)cc2C)c1. The van der Waals surface area contributed by atoms with Crippen LogP contribution < -0.4 is 0 Å². The first-order valence-corrected chi connectivity index (χ1v) is 10.4. The van der Waals surface area contributed by atoms with E-state index in [1.165, 1.54) is 66.8 Å². The summed E-state index contributed by atoms with van der Waals surface area (Å²) in [6, 6.07) is 14.2. The van der Waals surface area contributed by atoms with Gasteiger partial charge in [0, 0.05) is 0 Å². The van der Waals surface area contributed by atoms with E-state index in [2.05, 4.69) is 91.8 Å². The average molecular weight is 371 g/mol. The molecule has 0 nitrogen and oxygen atoms in total. The van der Waals surface area contributed by atoms with E-state index in [0.717, 1.165) is 12.8 Å². The second-order valence-electron chi connectivity index (χ2n) is 8.79. The minimum absolute atomic E-state index is 1.01. The Morgan fingerprint density at radius 1 is 0.393 bits per heavy atom. The van der Waals surface area contributed by atoms with Crippen LogP contribution in [-0.4, -0.2) is 0 Å². The molecule has 0 saturated heterocycles. The first-order chi connectivity index (χ1) is 13.2. The van der Waals surface area contributed by atoms with Crippen molar-refractivity contribution in [1.29, 1.82) is 0 Å². The zero-order valence-corrected chi connectivity index (χ0v) is 18.9. The van der Waals surface area contributed by atoms with Gasteiger partial charge in [0.15, 0.2) is 0 Å². The second-order valence-corrected chi connectivity index (χ2v) is 8.79. The molecule has 0 heteroatoms. The molecule has 0 amide bonds. The molecule has 3 rings (SSSR count). The lowest BCUT2D eigenvalue weighted by molar-refractivity contribution is 1.05. The predicted molar refractivity (Wildman–Crippen MR) is 123 cm³/mol. The summed E-state index contributed by atoms with van der Waals surface area (Å²) in [6.45, 7) is 17.9. The highest BCUT2D eigenvalue weighted by Gasteiger charge is 2.11. The van der Waals surface area contributed by atoms with E-state index in [0.29, 0.717) is 0 Å². The standard InChI is InChI=1S/C28H34/c1-17-9-27(15-25-13-20(4)18(2)11-22(25)6)24(8)28(10-17)16-26-14-21(5)19(3)12-23(26)7/h9-14H,15-16H2,1-8H3. The molecule has 0 aliphatic heterocycles. The Balaban J connectivity index is 1.99. The van der Waals surface area contributed by atoms with Crippen LogP contribution >= 0.6 is 0 Å². The number of benzene rings is 3. The molecule has 0 aliphatic carbocycles. The zero-order chi connectivity index (χ0) is 20.6. The first kappa shape index (κ1) is 20.4. The fourth-order valence-electron chi connectivity index (χ4n) is 4.21. The van der Waals surface area contributed by atoms with Crippen LogP contribution in [0.15, 0.2) is 36.4 Å². The van der Waals surface area contributed by atoms with E-state index >= 15 is 0 Å². The summed E-state index contributed by atoms with van der Waals surface area (Å²) in [4.78, 5) is 0. The maximum Gasteiger partial charge on any atom is -0.00202 e. The van der Waals surface area contributed by atoms with Gasteiger partial charge in [-0.1, -0.05) is 42.0 Å². The molecule has 0 radical (unpaired) electrons. The number of aryl methyl sites for hydroxylation is 7. The van der Waals surface area contributed by atoms with Crippen molar-refractivity contribution in [2.24, 2.45) is 0 Å². The molecule has 0 bridgehead atoms. The van der Waals surface area contributed by atoms with Crippen molar-refractivity contribution in [3.8, 4) is 0 Å². The van der Waals surface area contributed by atoms with Crippen LogP contribution in [0, 0.1) is 55.4 Å². The van der Waals surface area contributed by atoms with Crippen molar-refractivity contribution in [3.05, 3.63) is 103 Å². The van der Waals surface area contributed by atoms with Gasteiger partial charge >= 0.3 is 0 Å². The molecule has 0 spiro atoms. The molecule has 0 aliphatic rings. The van der Waals surface area contributed by atoms with Gasteiger partial charge in [-0.15, -0.1) is 0 Å². The van der Waals surface area contributed by atoms with Gasteiger partial charge in [-0.25, -0.2) is 0 Å². The van der Waals surface area contributed by atoms with Crippen LogP contribution in [0.4, 0.5) is 0 Å². The van der Waals surface area contributed by atoms with Crippen molar-refractivity contribution in [2.75, 3.05) is 0 Å². The van der Waals surface area contributed by atoms with Gasteiger partial charge in [0.1, 0.15) is 0 Å². The summed E-state index contributed by atoms with van der Waals surface area (Å²) in [5.74, 6) is 0. The molecule has 0 N–H and O–H groups in total. The van der Waals surface area contributed by atoms with Crippen molar-refractivity contribution in [1.82, 2.24) is 0 Å². The maximum absolute atomic E-state index is 2.38. The monoisotopic (exact) mass is 370 g/mol. The molecule has 0 unspecified atom stereocenters. The van der Waals surface area contributed by atoms with E-state index in [1.807, 2.05) is 0 Å². The second kappa shape index (κ2) is 7.95. The van der Waals surface area contributed by atoms with Crippen LogP contribution in [-0.2, 0) is 12.8 Å². The van der Waals surface area contributed by atoms with E-state index in [1.54, 1.807) is 0 Å². The number of hydrogen-bond donors (Lipinski definition) is 0. The Morgan fingerprint density at radius 3 is 1.14 bits per heavy atom. The Bertz CT molecular complexity index is 954. The Kier molecular flexibility index (Phi) is 5.79. The molecule has 0 fully saturated rings. The summed E-state index contributed by atoms with van der Waals surface area (Å²) < 4.78 is 0. The van der Waals surface area contributed by atoms with Gasteiger partial charge in [-0.05, 0) is 129 Å². The first-order valence-electron chi connectivity index (χ1n) is 10.4. The quantitative estimate of drug-likeness (QED) is 0.451. The van der Waals surface area contributed by atoms with Crippen molar-refractivity contribution >= 4 is 0 Å². The van der Waals surface area contributed by atoms with E-state index < -0.39 is 0 Å². The highest BCUT2D eigenvalue weighted by Crippen LogP contribution is 2.26. The molecule has 3 aromatic carbocycles. The van der Waals surface area contributed by atoms with Gasteiger partial charge in [-0.2, -0.15) is 0 Å². The molecule has 28 heavy (non-hydrogen) atoms. The van der Waals surface area contributed by atoms with Crippen LogP contribution in [0.5, 0.6) is 0 Å². The van der Waals surface area contributed by atoms with Crippen LogP contribution in [0.3, 0.4) is 0 Å². The Morgan fingerprint density at radius 2 is 0.750 bits per heavy atom. The topological polar surface area (TPSA) is 0 Å². The largest absolute Gasteiger partial charge is 0.0558 e. The fraction of sp³-hybridized carbons (Fsp3) is 0.357. The third-order valence-electron chi connectivity index (χ3n) is 6.43. The van der Waals surface area contributed by atoms with Crippen molar-refractivity contribution < 1.29 is 0 Å². The van der Waals surface area contributed by atoms with E-state index in [4.69, 9.17) is 0 Å². The molecule has 0 heterocycles. The van der Waals surface area contributed by atoms with Crippen LogP contribution in [0.1, 0.15) is 66.8 Å². The molecule has 0 aromatic heterocycles. The molecular weight excluding hydrogens is 336 g/mol.